The van der Waals surface area contributed by atoms with Crippen LogP contribution in [0.25, 0.3) is 11.3 Å². The number of aromatic nitrogens is 1. The van der Waals surface area contributed by atoms with Gasteiger partial charge in [-0.25, -0.2) is 0 Å². The summed E-state index contributed by atoms with van der Waals surface area (Å²) in [6, 6.07) is 15.0. The number of hydrogen-bond donors (Lipinski definition) is 0. The summed E-state index contributed by atoms with van der Waals surface area (Å²) in [6.45, 7) is 3.61. The lowest BCUT2D eigenvalue weighted by molar-refractivity contribution is -0.147. The second-order valence-electron chi connectivity index (χ2n) is 5.92. The SMILES string of the molecule is Cc1noc(-c2cccc(Br)c2)c1CC(=O)OC(C)c1ccccc1Cl. The van der Waals surface area contributed by atoms with Crippen LogP contribution in [0.1, 0.15) is 29.8 Å². The van der Waals surface area contributed by atoms with E-state index in [1.807, 2.05) is 49.4 Å². The average molecular weight is 435 g/mol. The minimum Gasteiger partial charge on any atom is -0.457 e. The van der Waals surface area contributed by atoms with E-state index in [1.165, 1.54) is 0 Å². The van der Waals surface area contributed by atoms with Gasteiger partial charge in [-0.3, -0.25) is 4.79 Å². The van der Waals surface area contributed by atoms with Crippen LogP contribution in [0.15, 0.2) is 57.5 Å². The van der Waals surface area contributed by atoms with Crippen LogP contribution >= 0.6 is 27.5 Å². The fraction of sp³-hybridized carbons (Fsp3) is 0.200. The number of hydrogen-bond acceptors (Lipinski definition) is 4. The van der Waals surface area contributed by atoms with Gasteiger partial charge in [0.1, 0.15) is 6.10 Å². The third-order valence-corrected chi connectivity index (χ3v) is 4.88. The van der Waals surface area contributed by atoms with Crippen molar-refractivity contribution in [3.8, 4) is 11.3 Å². The van der Waals surface area contributed by atoms with Gasteiger partial charge >= 0.3 is 5.97 Å². The summed E-state index contributed by atoms with van der Waals surface area (Å²) in [7, 11) is 0. The van der Waals surface area contributed by atoms with Crippen molar-refractivity contribution in [2.24, 2.45) is 0 Å². The zero-order chi connectivity index (χ0) is 18.7. The van der Waals surface area contributed by atoms with Crippen LogP contribution in [0.2, 0.25) is 5.02 Å². The van der Waals surface area contributed by atoms with E-state index in [1.54, 1.807) is 13.0 Å². The molecule has 0 bridgehead atoms. The summed E-state index contributed by atoms with van der Waals surface area (Å²) < 4.78 is 11.9. The van der Waals surface area contributed by atoms with E-state index >= 15 is 0 Å². The maximum Gasteiger partial charge on any atom is 0.311 e. The van der Waals surface area contributed by atoms with Gasteiger partial charge in [-0.05, 0) is 32.0 Å². The summed E-state index contributed by atoms with van der Waals surface area (Å²) >= 11 is 9.61. The van der Waals surface area contributed by atoms with Crippen LogP contribution in [-0.2, 0) is 16.0 Å². The molecule has 0 aliphatic rings. The van der Waals surface area contributed by atoms with E-state index in [-0.39, 0.29) is 12.4 Å². The average Bonchev–Trinajstić information content (AvgIpc) is 2.96. The quantitative estimate of drug-likeness (QED) is 0.468. The summed E-state index contributed by atoms with van der Waals surface area (Å²) in [6.07, 6.45) is -0.364. The second-order valence-corrected chi connectivity index (χ2v) is 7.24. The molecule has 1 atom stereocenters. The molecular weight excluding hydrogens is 418 g/mol. The number of halogens is 2. The Balaban J connectivity index is 1.78. The van der Waals surface area contributed by atoms with Gasteiger partial charge < -0.3 is 9.26 Å². The predicted octanol–water partition coefficient (Wildman–Crippen LogP) is 5.91. The number of carbonyl (C=O) groups is 1. The molecule has 0 spiro atoms. The summed E-state index contributed by atoms with van der Waals surface area (Å²) in [5.74, 6) is 0.214. The Bertz CT molecular complexity index is 938. The molecule has 1 unspecified atom stereocenters. The lowest BCUT2D eigenvalue weighted by Crippen LogP contribution is -2.12. The number of esters is 1. The molecule has 6 heteroatoms. The lowest BCUT2D eigenvalue weighted by atomic mass is 10.0. The molecule has 3 rings (SSSR count). The van der Waals surface area contributed by atoms with Crippen molar-refractivity contribution in [2.75, 3.05) is 0 Å². The Kier molecular flexibility index (Phi) is 5.79. The molecule has 0 saturated heterocycles. The van der Waals surface area contributed by atoms with Crippen LogP contribution in [0, 0.1) is 6.92 Å². The molecular formula is C20H17BrClNO3. The van der Waals surface area contributed by atoms with E-state index < -0.39 is 6.10 Å². The highest BCUT2D eigenvalue weighted by molar-refractivity contribution is 9.10. The first-order valence-corrected chi connectivity index (χ1v) is 9.28. The molecule has 0 amide bonds. The molecule has 1 aromatic heterocycles. The van der Waals surface area contributed by atoms with Crippen molar-refractivity contribution >= 4 is 33.5 Å². The second kappa shape index (κ2) is 8.06. The third kappa shape index (κ3) is 4.17. The van der Waals surface area contributed by atoms with Crippen LogP contribution < -0.4 is 0 Å². The fourth-order valence-electron chi connectivity index (χ4n) is 2.70. The number of nitrogens with zero attached hydrogens (tertiary/aromatic N) is 1. The van der Waals surface area contributed by atoms with Crippen molar-refractivity contribution in [1.29, 1.82) is 0 Å². The minimum atomic E-state index is -0.439. The fourth-order valence-corrected chi connectivity index (χ4v) is 3.39. The Morgan fingerprint density at radius 3 is 2.77 bits per heavy atom. The van der Waals surface area contributed by atoms with E-state index in [0.717, 1.165) is 21.2 Å². The van der Waals surface area contributed by atoms with Gasteiger partial charge in [0, 0.05) is 26.2 Å². The molecule has 2 aromatic carbocycles. The molecule has 26 heavy (non-hydrogen) atoms. The predicted molar refractivity (Wildman–Crippen MR) is 104 cm³/mol. The molecule has 1 heterocycles. The Hall–Kier alpha value is -2.11. The standard InChI is InChI=1S/C20H17BrClNO3/c1-12-17(20(26-23-12)14-6-5-7-15(21)10-14)11-19(24)25-13(2)16-8-3-4-9-18(16)22/h3-10,13H,11H2,1-2H3. The molecule has 134 valence electrons. The zero-order valence-corrected chi connectivity index (χ0v) is 16.7. The molecule has 3 aromatic rings. The van der Waals surface area contributed by atoms with Crippen molar-refractivity contribution in [2.45, 2.75) is 26.4 Å². The van der Waals surface area contributed by atoms with Crippen molar-refractivity contribution in [1.82, 2.24) is 5.16 Å². The van der Waals surface area contributed by atoms with Crippen LogP contribution in [0.5, 0.6) is 0 Å². The third-order valence-electron chi connectivity index (χ3n) is 4.04. The molecule has 0 aliphatic heterocycles. The van der Waals surface area contributed by atoms with Gasteiger partial charge in [0.15, 0.2) is 5.76 Å². The van der Waals surface area contributed by atoms with Crippen LogP contribution in [0.4, 0.5) is 0 Å². The highest BCUT2D eigenvalue weighted by Gasteiger charge is 2.21. The highest BCUT2D eigenvalue weighted by Crippen LogP contribution is 2.30. The molecule has 0 aliphatic carbocycles. The van der Waals surface area contributed by atoms with Crippen molar-refractivity contribution in [3.05, 3.63) is 74.8 Å². The first-order chi connectivity index (χ1) is 12.5. The first-order valence-electron chi connectivity index (χ1n) is 8.10. The largest absolute Gasteiger partial charge is 0.457 e. The van der Waals surface area contributed by atoms with E-state index in [9.17, 15) is 4.79 Å². The smallest absolute Gasteiger partial charge is 0.311 e. The van der Waals surface area contributed by atoms with E-state index in [2.05, 4.69) is 21.1 Å². The monoisotopic (exact) mass is 433 g/mol. The van der Waals surface area contributed by atoms with Crippen molar-refractivity contribution < 1.29 is 14.1 Å². The first kappa shape index (κ1) is 18.7. The number of aryl methyl sites for hydroxylation is 1. The Morgan fingerprint density at radius 1 is 1.27 bits per heavy atom. The summed E-state index contributed by atoms with van der Waals surface area (Å²) in [5, 5.41) is 4.58. The highest BCUT2D eigenvalue weighted by atomic mass is 79.9. The topological polar surface area (TPSA) is 52.3 Å². The maximum atomic E-state index is 12.5. The zero-order valence-electron chi connectivity index (χ0n) is 14.3. The lowest BCUT2D eigenvalue weighted by Gasteiger charge is -2.15. The van der Waals surface area contributed by atoms with Crippen LogP contribution in [0.3, 0.4) is 0 Å². The van der Waals surface area contributed by atoms with Crippen LogP contribution in [-0.4, -0.2) is 11.1 Å². The number of ether oxygens (including phenoxy) is 1. The van der Waals surface area contributed by atoms with Gasteiger partial charge in [-0.2, -0.15) is 0 Å². The number of carbonyl (C=O) groups excluding carboxylic acids is 1. The minimum absolute atomic E-state index is 0.0754. The molecule has 0 saturated carbocycles. The molecule has 0 N–H and O–H groups in total. The van der Waals surface area contributed by atoms with E-state index in [0.29, 0.717) is 16.5 Å². The van der Waals surface area contributed by atoms with Gasteiger partial charge in [0.2, 0.25) is 0 Å². The van der Waals surface area contributed by atoms with Gasteiger partial charge in [-0.15, -0.1) is 0 Å². The van der Waals surface area contributed by atoms with Gasteiger partial charge in [-0.1, -0.05) is 63.0 Å². The summed E-state index contributed by atoms with van der Waals surface area (Å²) in [4.78, 5) is 12.5. The maximum absolute atomic E-state index is 12.5. The molecule has 4 nitrogen and oxygen atoms in total. The normalized spacial score (nSPS) is 12.0. The Morgan fingerprint density at radius 2 is 2.04 bits per heavy atom. The van der Waals surface area contributed by atoms with Gasteiger partial charge in [0.05, 0.1) is 12.1 Å². The summed E-state index contributed by atoms with van der Waals surface area (Å²) in [5.41, 5.74) is 3.01. The van der Waals surface area contributed by atoms with Gasteiger partial charge in [0.25, 0.3) is 0 Å². The van der Waals surface area contributed by atoms with Crippen molar-refractivity contribution in [3.63, 3.8) is 0 Å². The number of benzene rings is 2. The molecule has 0 radical (unpaired) electrons. The Labute approximate surface area is 165 Å². The molecule has 0 fully saturated rings. The van der Waals surface area contributed by atoms with E-state index in [4.69, 9.17) is 20.9 Å². The number of rotatable bonds is 5.